The molecule has 60 valence electrons. The van der Waals surface area contributed by atoms with Crippen LogP contribution in [-0.4, -0.2) is 18.6 Å². The number of nitrogens with two attached hydrogens (primary N) is 1. The van der Waals surface area contributed by atoms with E-state index in [-0.39, 0.29) is 5.97 Å². The summed E-state index contributed by atoms with van der Waals surface area (Å²) < 4.78 is 4.80. The second-order valence-electron chi connectivity index (χ2n) is 2.81. The molecule has 0 radical (unpaired) electrons. The summed E-state index contributed by atoms with van der Waals surface area (Å²) in [7, 11) is 0. The summed E-state index contributed by atoms with van der Waals surface area (Å²) in [5, 5.41) is 0. The molecule has 0 aromatic heterocycles. The van der Waals surface area contributed by atoms with Gasteiger partial charge in [-0.05, 0) is 12.8 Å². The van der Waals surface area contributed by atoms with E-state index >= 15 is 0 Å². The minimum atomic E-state index is -0.501. The molecule has 2 N–H and O–H groups in total. The fraction of sp³-hybridized carbons (Fsp3) is 0.857. The lowest BCUT2D eigenvalue weighted by Crippen LogP contribution is -2.29. The van der Waals surface area contributed by atoms with Crippen LogP contribution in [0.1, 0.15) is 20.8 Å². The normalized spacial score (nSPS) is 13.3. The first kappa shape index (κ1) is 9.43. The van der Waals surface area contributed by atoms with Gasteiger partial charge in [-0.1, -0.05) is 13.8 Å². The van der Waals surface area contributed by atoms with E-state index in [9.17, 15) is 4.79 Å². The molecule has 0 aliphatic carbocycles. The van der Waals surface area contributed by atoms with Gasteiger partial charge in [0.25, 0.3) is 0 Å². The Morgan fingerprint density at radius 2 is 2.00 bits per heavy atom. The van der Waals surface area contributed by atoms with Crippen LogP contribution in [-0.2, 0) is 9.53 Å². The highest BCUT2D eigenvalue weighted by Crippen LogP contribution is 1.93. The summed E-state index contributed by atoms with van der Waals surface area (Å²) in [4.78, 5) is 10.7. The standard InChI is InChI=1S/C7H15NO2/c1-5(2)4-10-7(9)6(3)8/h5-6H,4,8H2,1-3H3/t6-/m0/s1. The molecule has 0 spiro atoms. The Kier molecular flexibility index (Phi) is 4.03. The summed E-state index contributed by atoms with van der Waals surface area (Å²) in [6, 6.07) is -0.501. The molecule has 1 atom stereocenters. The van der Waals surface area contributed by atoms with Crippen molar-refractivity contribution in [3.05, 3.63) is 0 Å². The lowest BCUT2D eigenvalue weighted by atomic mass is 10.2. The maximum atomic E-state index is 10.7. The van der Waals surface area contributed by atoms with Crippen LogP contribution in [0.15, 0.2) is 0 Å². The van der Waals surface area contributed by atoms with Crippen molar-refractivity contribution in [2.24, 2.45) is 11.7 Å². The van der Waals surface area contributed by atoms with Crippen LogP contribution in [0.3, 0.4) is 0 Å². The zero-order valence-electron chi connectivity index (χ0n) is 6.76. The second-order valence-corrected chi connectivity index (χ2v) is 2.81. The van der Waals surface area contributed by atoms with Gasteiger partial charge in [-0.3, -0.25) is 4.79 Å². The van der Waals surface area contributed by atoms with Gasteiger partial charge in [0.15, 0.2) is 0 Å². The van der Waals surface area contributed by atoms with Crippen LogP contribution in [0, 0.1) is 5.92 Å². The SMILES string of the molecule is CC(C)COC(=O)[C@H](C)N. The van der Waals surface area contributed by atoms with Crippen molar-refractivity contribution in [2.75, 3.05) is 6.61 Å². The number of esters is 1. The molecule has 0 aromatic rings. The predicted molar refractivity (Wildman–Crippen MR) is 39.4 cm³/mol. The van der Waals surface area contributed by atoms with Gasteiger partial charge < -0.3 is 10.5 Å². The van der Waals surface area contributed by atoms with Crippen molar-refractivity contribution in [3.63, 3.8) is 0 Å². The molecule has 0 rings (SSSR count). The van der Waals surface area contributed by atoms with E-state index < -0.39 is 6.04 Å². The van der Waals surface area contributed by atoms with Crippen LogP contribution in [0.4, 0.5) is 0 Å². The molecule has 10 heavy (non-hydrogen) atoms. The highest BCUT2D eigenvalue weighted by atomic mass is 16.5. The van der Waals surface area contributed by atoms with Crippen LogP contribution in [0.2, 0.25) is 0 Å². The number of hydrogen-bond donors (Lipinski definition) is 1. The Morgan fingerprint density at radius 3 is 2.30 bits per heavy atom. The summed E-state index contributed by atoms with van der Waals surface area (Å²) in [6.45, 7) is 6.03. The Balaban J connectivity index is 3.40. The lowest BCUT2D eigenvalue weighted by Gasteiger charge is -2.08. The van der Waals surface area contributed by atoms with E-state index in [0.717, 1.165) is 0 Å². The smallest absolute Gasteiger partial charge is 0.322 e. The molecule has 0 heterocycles. The average Bonchev–Trinajstić information content (AvgIpc) is 1.82. The molecule has 0 bridgehead atoms. The Hall–Kier alpha value is -0.570. The minimum absolute atomic E-state index is 0.325. The molecule has 0 amide bonds. The van der Waals surface area contributed by atoms with Crippen LogP contribution < -0.4 is 5.73 Å². The van der Waals surface area contributed by atoms with Crippen molar-refractivity contribution in [3.8, 4) is 0 Å². The molecule has 0 saturated carbocycles. The second kappa shape index (κ2) is 4.28. The van der Waals surface area contributed by atoms with Crippen LogP contribution >= 0.6 is 0 Å². The van der Waals surface area contributed by atoms with E-state index in [1.807, 2.05) is 13.8 Å². The monoisotopic (exact) mass is 145 g/mol. The number of rotatable bonds is 3. The third kappa shape index (κ3) is 4.32. The number of ether oxygens (including phenoxy) is 1. The summed E-state index contributed by atoms with van der Waals surface area (Å²) in [5.74, 6) is 0.0522. The molecule has 3 heteroatoms. The summed E-state index contributed by atoms with van der Waals surface area (Å²) in [5.41, 5.74) is 5.25. The molecular weight excluding hydrogens is 130 g/mol. The van der Waals surface area contributed by atoms with E-state index in [2.05, 4.69) is 0 Å². The van der Waals surface area contributed by atoms with E-state index in [1.165, 1.54) is 0 Å². The van der Waals surface area contributed by atoms with E-state index in [4.69, 9.17) is 10.5 Å². The zero-order chi connectivity index (χ0) is 8.15. The van der Waals surface area contributed by atoms with Gasteiger partial charge >= 0.3 is 5.97 Å². The Bertz CT molecular complexity index is 110. The first-order valence-corrected chi connectivity index (χ1v) is 3.46. The van der Waals surface area contributed by atoms with Crippen molar-refractivity contribution < 1.29 is 9.53 Å². The highest BCUT2D eigenvalue weighted by molar-refractivity contribution is 5.74. The van der Waals surface area contributed by atoms with Crippen LogP contribution in [0.5, 0.6) is 0 Å². The van der Waals surface area contributed by atoms with E-state index in [1.54, 1.807) is 6.92 Å². The van der Waals surface area contributed by atoms with Gasteiger partial charge in [-0.2, -0.15) is 0 Å². The van der Waals surface area contributed by atoms with Gasteiger partial charge in [0.1, 0.15) is 6.04 Å². The summed E-state index contributed by atoms with van der Waals surface area (Å²) in [6.07, 6.45) is 0. The number of carbonyl (C=O) groups is 1. The average molecular weight is 145 g/mol. The van der Waals surface area contributed by atoms with Gasteiger partial charge in [0.2, 0.25) is 0 Å². The van der Waals surface area contributed by atoms with Gasteiger partial charge in [-0.15, -0.1) is 0 Å². The molecule has 0 aliphatic heterocycles. The molecule has 3 nitrogen and oxygen atoms in total. The van der Waals surface area contributed by atoms with Crippen molar-refractivity contribution >= 4 is 5.97 Å². The summed E-state index contributed by atoms with van der Waals surface area (Å²) >= 11 is 0. The fourth-order valence-corrected chi connectivity index (χ4v) is 0.380. The number of hydrogen-bond acceptors (Lipinski definition) is 3. The third-order valence-electron chi connectivity index (χ3n) is 0.931. The largest absolute Gasteiger partial charge is 0.464 e. The molecule has 0 unspecified atom stereocenters. The molecule has 0 fully saturated rings. The molecule has 0 saturated heterocycles. The molecule has 0 aromatic carbocycles. The minimum Gasteiger partial charge on any atom is -0.464 e. The van der Waals surface area contributed by atoms with Crippen molar-refractivity contribution in [1.82, 2.24) is 0 Å². The highest BCUT2D eigenvalue weighted by Gasteiger charge is 2.08. The van der Waals surface area contributed by atoms with Gasteiger partial charge in [-0.25, -0.2) is 0 Å². The first-order valence-electron chi connectivity index (χ1n) is 3.46. The van der Waals surface area contributed by atoms with Gasteiger partial charge in [0.05, 0.1) is 6.61 Å². The number of carbonyl (C=O) groups excluding carboxylic acids is 1. The predicted octanol–water partition coefficient (Wildman–Crippen LogP) is 0.533. The molecular formula is C7H15NO2. The molecule has 0 aliphatic rings. The quantitative estimate of drug-likeness (QED) is 0.589. The Labute approximate surface area is 61.5 Å². The maximum Gasteiger partial charge on any atom is 0.322 e. The van der Waals surface area contributed by atoms with Gasteiger partial charge in [0, 0.05) is 0 Å². The fourth-order valence-electron chi connectivity index (χ4n) is 0.380. The Morgan fingerprint density at radius 1 is 1.50 bits per heavy atom. The first-order chi connectivity index (χ1) is 4.54. The maximum absolute atomic E-state index is 10.7. The lowest BCUT2D eigenvalue weighted by molar-refractivity contribution is -0.145. The van der Waals surface area contributed by atoms with Crippen molar-refractivity contribution in [2.45, 2.75) is 26.8 Å². The topological polar surface area (TPSA) is 52.3 Å². The zero-order valence-corrected chi connectivity index (χ0v) is 6.76. The van der Waals surface area contributed by atoms with Crippen LogP contribution in [0.25, 0.3) is 0 Å². The van der Waals surface area contributed by atoms with Crippen molar-refractivity contribution in [1.29, 1.82) is 0 Å². The van der Waals surface area contributed by atoms with E-state index in [0.29, 0.717) is 12.5 Å². The third-order valence-corrected chi connectivity index (χ3v) is 0.931.